The third-order valence-corrected chi connectivity index (χ3v) is 2.17. The molecule has 0 aliphatic heterocycles. The Bertz CT molecular complexity index is 339. The Kier molecular flexibility index (Phi) is 3.12. The highest BCUT2D eigenvalue weighted by Crippen LogP contribution is 2.29. The summed E-state index contributed by atoms with van der Waals surface area (Å²) < 4.78 is 0. The second-order valence-corrected chi connectivity index (χ2v) is 3.69. The molecule has 0 aromatic heterocycles. The molecule has 0 amide bonds. The third-order valence-electron chi connectivity index (χ3n) is 1.70. The Hall–Kier alpha value is -0.800. The fourth-order valence-electron chi connectivity index (χ4n) is 1.02. The van der Waals surface area contributed by atoms with Crippen LogP contribution in [0.2, 0.25) is 0 Å². The average molecular weight is 220 g/mol. The lowest BCUT2D eigenvalue weighted by Crippen LogP contribution is -1.92. The van der Waals surface area contributed by atoms with E-state index >= 15 is 0 Å². The lowest BCUT2D eigenvalue weighted by molar-refractivity contribution is -0.384. The molecule has 0 fully saturated rings. The van der Waals surface area contributed by atoms with E-state index in [0.29, 0.717) is 5.56 Å². The number of nitro groups is 1. The van der Waals surface area contributed by atoms with Crippen LogP contribution in [-0.2, 0) is 0 Å². The second kappa shape index (κ2) is 3.94. The molecule has 0 spiro atoms. The molecule has 0 unspecified atom stereocenters. The summed E-state index contributed by atoms with van der Waals surface area (Å²) in [5.74, 6) is 0. The first-order valence-corrected chi connectivity index (χ1v) is 4.42. The molecular weight excluding hydrogens is 213 g/mol. The Labute approximate surface area is 85.4 Å². The topological polar surface area (TPSA) is 43.1 Å². The van der Waals surface area contributed by atoms with Crippen LogP contribution in [0.25, 0.3) is 0 Å². The molecule has 0 aliphatic rings. The standard InChI is InChI=1S/C8H7Cl2NO2/c1-5-4-6(11(12)13)2-3-7(5)8(9)10/h2-4,8H,1H3. The van der Waals surface area contributed by atoms with Crippen molar-refractivity contribution in [2.24, 2.45) is 0 Å². The van der Waals surface area contributed by atoms with E-state index in [4.69, 9.17) is 23.2 Å². The summed E-state index contributed by atoms with van der Waals surface area (Å²) in [6, 6.07) is 4.41. The SMILES string of the molecule is Cc1cc([N+](=O)[O-])ccc1C(Cl)Cl. The van der Waals surface area contributed by atoms with E-state index in [-0.39, 0.29) is 5.69 Å². The van der Waals surface area contributed by atoms with E-state index in [1.165, 1.54) is 12.1 Å². The minimum Gasteiger partial charge on any atom is -0.258 e. The van der Waals surface area contributed by atoms with Gasteiger partial charge in [0, 0.05) is 12.1 Å². The Morgan fingerprint density at radius 1 is 1.46 bits per heavy atom. The highest BCUT2D eigenvalue weighted by atomic mass is 35.5. The van der Waals surface area contributed by atoms with Crippen LogP contribution in [0, 0.1) is 17.0 Å². The van der Waals surface area contributed by atoms with Gasteiger partial charge >= 0.3 is 0 Å². The lowest BCUT2D eigenvalue weighted by Gasteiger charge is -2.04. The largest absolute Gasteiger partial charge is 0.269 e. The highest BCUT2D eigenvalue weighted by Gasteiger charge is 2.11. The summed E-state index contributed by atoms with van der Waals surface area (Å²) in [4.78, 5) is 9.29. The number of alkyl halides is 2. The lowest BCUT2D eigenvalue weighted by atomic mass is 10.1. The van der Waals surface area contributed by atoms with E-state index in [2.05, 4.69) is 0 Å². The van der Waals surface area contributed by atoms with Crippen molar-refractivity contribution in [3.05, 3.63) is 39.4 Å². The van der Waals surface area contributed by atoms with Crippen LogP contribution < -0.4 is 0 Å². The van der Waals surface area contributed by atoms with Crippen LogP contribution in [0.4, 0.5) is 5.69 Å². The normalized spacial score (nSPS) is 10.5. The van der Waals surface area contributed by atoms with Gasteiger partial charge in [0.1, 0.15) is 4.84 Å². The van der Waals surface area contributed by atoms with Crippen molar-refractivity contribution in [2.75, 3.05) is 0 Å². The number of aryl methyl sites for hydroxylation is 1. The second-order valence-electron chi connectivity index (χ2n) is 2.60. The molecule has 0 atom stereocenters. The molecule has 13 heavy (non-hydrogen) atoms. The number of nitrogens with zero attached hydrogens (tertiary/aromatic N) is 1. The van der Waals surface area contributed by atoms with Crippen LogP contribution in [0.15, 0.2) is 18.2 Å². The molecule has 1 rings (SSSR count). The van der Waals surface area contributed by atoms with Gasteiger partial charge in [-0.1, -0.05) is 0 Å². The van der Waals surface area contributed by atoms with Crippen molar-refractivity contribution in [1.82, 2.24) is 0 Å². The van der Waals surface area contributed by atoms with E-state index in [9.17, 15) is 10.1 Å². The minimum absolute atomic E-state index is 0.0511. The molecule has 5 heteroatoms. The van der Waals surface area contributed by atoms with Gasteiger partial charge in [0.25, 0.3) is 5.69 Å². The van der Waals surface area contributed by atoms with E-state index in [1.54, 1.807) is 13.0 Å². The number of nitro benzene ring substituents is 1. The smallest absolute Gasteiger partial charge is 0.258 e. The number of hydrogen-bond donors (Lipinski definition) is 0. The third kappa shape index (κ3) is 2.32. The van der Waals surface area contributed by atoms with Gasteiger partial charge in [-0.3, -0.25) is 10.1 Å². The van der Waals surface area contributed by atoms with Crippen molar-refractivity contribution in [3.63, 3.8) is 0 Å². The quantitative estimate of drug-likeness (QED) is 0.435. The first-order chi connectivity index (χ1) is 6.02. The van der Waals surface area contributed by atoms with Crippen molar-refractivity contribution in [1.29, 1.82) is 0 Å². The monoisotopic (exact) mass is 219 g/mol. The molecular formula is C8H7Cl2NO2. The van der Waals surface area contributed by atoms with Crippen molar-refractivity contribution in [2.45, 2.75) is 11.8 Å². The summed E-state index contributed by atoms with van der Waals surface area (Å²) in [6.07, 6.45) is 0. The highest BCUT2D eigenvalue weighted by molar-refractivity contribution is 6.44. The Morgan fingerprint density at radius 2 is 2.08 bits per heavy atom. The summed E-state index contributed by atoms with van der Waals surface area (Å²) in [7, 11) is 0. The summed E-state index contributed by atoms with van der Waals surface area (Å²) in [5, 5.41) is 10.4. The molecule has 0 heterocycles. The molecule has 0 bridgehead atoms. The van der Waals surface area contributed by atoms with Gasteiger partial charge in [-0.15, -0.1) is 23.2 Å². The maximum Gasteiger partial charge on any atom is 0.269 e. The van der Waals surface area contributed by atoms with E-state index < -0.39 is 9.76 Å². The molecule has 1 aromatic carbocycles. The van der Waals surface area contributed by atoms with Gasteiger partial charge < -0.3 is 0 Å². The number of rotatable bonds is 2. The van der Waals surface area contributed by atoms with Gasteiger partial charge in [-0.2, -0.15) is 0 Å². The molecule has 0 saturated carbocycles. The van der Waals surface area contributed by atoms with E-state index in [0.717, 1.165) is 5.56 Å². The Balaban J connectivity index is 3.13. The zero-order valence-corrected chi connectivity index (χ0v) is 8.34. The van der Waals surface area contributed by atoms with E-state index in [1.807, 2.05) is 0 Å². The van der Waals surface area contributed by atoms with Gasteiger partial charge in [0.05, 0.1) is 4.92 Å². The van der Waals surface area contributed by atoms with Crippen molar-refractivity contribution >= 4 is 28.9 Å². The number of benzene rings is 1. The van der Waals surface area contributed by atoms with Crippen LogP contribution in [0.5, 0.6) is 0 Å². The summed E-state index contributed by atoms with van der Waals surface area (Å²) in [5.41, 5.74) is 1.48. The molecule has 0 N–H and O–H groups in total. The molecule has 0 aliphatic carbocycles. The van der Waals surface area contributed by atoms with Crippen LogP contribution in [0.3, 0.4) is 0 Å². The maximum absolute atomic E-state index is 10.4. The van der Waals surface area contributed by atoms with Gasteiger partial charge in [-0.05, 0) is 24.1 Å². The number of halogens is 2. The molecule has 1 aromatic rings. The molecule has 70 valence electrons. The van der Waals surface area contributed by atoms with Crippen LogP contribution in [-0.4, -0.2) is 4.92 Å². The van der Waals surface area contributed by atoms with Crippen molar-refractivity contribution in [3.8, 4) is 0 Å². The van der Waals surface area contributed by atoms with Gasteiger partial charge in [0.2, 0.25) is 0 Å². The zero-order valence-electron chi connectivity index (χ0n) is 6.83. The predicted molar refractivity (Wildman–Crippen MR) is 52.3 cm³/mol. The summed E-state index contributed by atoms with van der Waals surface area (Å²) >= 11 is 11.3. The van der Waals surface area contributed by atoms with Crippen LogP contribution in [0.1, 0.15) is 16.0 Å². The predicted octanol–water partition coefficient (Wildman–Crippen LogP) is 3.38. The van der Waals surface area contributed by atoms with Gasteiger partial charge in [0.15, 0.2) is 0 Å². The number of hydrogen-bond acceptors (Lipinski definition) is 2. The zero-order chi connectivity index (χ0) is 10.0. The maximum atomic E-state index is 10.4. The molecule has 0 radical (unpaired) electrons. The van der Waals surface area contributed by atoms with Crippen molar-refractivity contribution < 1.29 is 4.92 Å². The minimum atomic E-state index is -0.638. The number of non-ortho nitro benzene ring substituents is 1. The summed E-state index contributed by atoms with van der Waals surface area (Å²) in [6.45, 7) is 1.74. The first-order valence-electron chi connectivity index (χ1n) is 3.55. The molecule has 0 saturated heterocycles. The first kappa shape index (κ1) is 10.3. The fourth-order valence-corrected chi connectivity index (χ4v) is 1.51. The molecule has 3 nitrogen and oxygen atoms in total. The van der Waals surface area contributed by atoms with Crippen LogP contribution >= 0.6 is 23.2 Å². The van der Waals surface area contributed by atoms with Gasteiger partial charge in [-0.25, -0.2) is 0 Å². The average Bonchev–Trinajstić information content (AvgIpc) is 2.03. The Morgan fingerprint density at radius 3 is 2.46 bits per heavy atom. The fraction of sp³-hybridized carbons (Fsp3) is 0.250.